The maximum atomic E-state index is 5.70. The van der Waals surface area contributed by atoms with Gasteiger partial charge in [0.2, 0.25) is 0 Å². The van der Waals surface area contributed by atoms with E-state index in [9.17, 15) is 0 Å². The van der Waals surface area contributed by atoms with Crippen LogP contribution in [0, 0.1) is 0 Å². The van der Waals surface area contributed by atoms with Gasteiger partial charge >= 0.3 is 0 Å². The number of nitrogens with one attached hydrogen (secondary N) is 1. The van der Waals surface area contributed by atoms with Crippen molar-refractivity contribution in [3.63, 3.8) is 0 Å². The molecular weight excluding hydrogens is 156 g/mol. The summed E-state index contributed by atoms with van der Waals surface area (Å²) in [4.78, 5) is 0. The van der Waals surface area contributed by atoms with E-state index in [2.05, 4.69) is 18.6 Å². The molecule has 0 saturated carbocycles. The van der Waals surface area contributed by atoms with Crippen molar-refractivity contribution in [1.82, 2.24) is 4.72 Å². The first-order valence-electron chi connectivity index (χ1n) is 4.14. The number of nitrogens with two attached hydrogens (primary N) is 1. The molecule has 3 heteroatoms. The molecule has 2 nitrogen and oxygen atoms in total. The second kappa shape index (κ2) is 7.95. The summed E-state index contributed by atoms with van der Waals surface area (Å²) >= 11 is 1.57. The molecule has 0 spiro atoms. The average Bonchev–Trinajstić information content (AvgIpc) is 2.01. The number of unbranched alkanes of at least 4 members (excludes halogenated alkanes) is 1. The van der Waals surface area contributed by atoms with Gasteiger partial charge in [-0.2, -0.15) is 0 Å². The van der Waals surface area contributed by atoms with Crippen LogP contribution < -0.4 is 10.5 Å². The van der Waals surface area contributed by atoms with E-state index >= 15 is 0 Å². The van der Waals surface area contributed by atoms with Crippen LogP contribution in [0.4, 0.5) is 0 Å². The van der Waals surface area contributed by atoms with Crippen LogP contribution in [0.2, 0.25) is 0 Å². The zero-order valence-corrected chi connectivity index (χ0v) is 8.21. The Morgan fingerprint density at radius 1 is 1.55 bits per heavy atom. The fraction of sp³-hybridized carbons (Fsp3) is 0.750. The summed E-state index contributed by atoms with van der Waals surface area (Å²) < 4.78 is 3.12. The lowest BCUT2D eigenvalue weighted by Crippen LogP contribution is -2.01. The molecule has 0 amide bonds. The van der Waals surface area contributed by atoms with Gasteiger partial charge in [0.15, 0.2) is 0 Å². The predicted molar refractivity (Wildman–Crippen MR) is 53.1 cm³/mol. The minimum absolute atomic E-state index is 0.974. The first-order valence-corrected chi connectivity index (χ1v) is 5.02. The molecule has 11 heavy (non-hydrogen) atoms. The molecule has 0 aliphatic rings. The van der Waals surface area contributed by atoms with Gasteiger partial charge in [-0.1, -0.05) is 32.2 Å². The second-order valence-electron chi connectivity index (χ2n) is 2.41. The normalized spacial score (nSPS) is 12.0. The fourth-order valence-electron chi connectivity index (χ4n) is 0.641. The predicted octanol–water partition coefficient (Wildman–Crippen LogP) is 2.23. The quantitative estimate of drug-likeness (QED) is 0.479. The van der Waals surface area contributed by atoms with Crippen molar-refractivity contribution in [1.29, 1.82) is 0 Å². The third-order valence-corrected chi connectivity index (χ3v) is 2.13. The van der Waals surface area contributed by atoms with Gasteiger partial charge in [0.05, 0.1) is 0 Å². The highest BCUT2D eigenvalue weighted by Crippen LogP contribution is 2.05. The molecule has 0 bridgehead atoms. The van der Waals surface area contributed by atoms with Crippen molar-refractivity contribution in [2.24, 2.45) is 5.73 Å². The Hall–Kier alpha value is -0.150. The average molecular weight is 174 g/mol. The standard InChI is InChI=1S/C8H18N2S/c1-3-5-6-8(9)7-11-10-4-2/h7,10H,3-6,9H2,1-2H3/b8-7+. The van der Waals surface area contributed by atoms with E-state index in [4.69, 9.17) is 5.73 Å². The van der Waals surface area contributed by atoms with Crippen LogP contribution in [0.1, 0.15) is 33.1 Å². The third-order valence-electron chi connectivity index (χ3n) is 1.26. The van der Waals surface area contributed by atoms with Crippen LogP contribution >= 0.6 is 11.9 Å². The Balaban J connectivity index is 3.30. The van der Waals surface area contributed by atoms with E-state index < -0.39 is 0 Å². The lowest BCUT2D eigenvalue weighted by molar-refractivity contribution is 0.782. The summed E-state index contributed by atoms with van der Waals surface area (Å²) in [5, 5.41) is 1.99. The van der Waals surface area contributed by atoms with Gasteiger partial charge in [-0.15, -0.1) is 0 Å². The number of hydrogen-bond acceptors (Lipinski definition) is 3. The molecule has 0 aromatic heterocycles. The maximum absolute atomic E-state index is 5.70. The van der Waals surface area contributed by atoms with Crippen LogP contribution in [0.15, 0.2) is 11.1 Å². The number of hydrogen-bond donors (Lipinski definition) is 2. The molecule has 0 radical (unpaired) electrons. The molecule has 0 atom stereocenters. The van der Waals surface area contributed by atoms with Crippen LogP contribution in [-0.2, 0) is 0 Å². The lowest BCUT2D eigenvalue weighted by Gasteiger charge is -1.99. The number of rotatable bonds is 6. The minimum atomic E-state index is 0.974. The summed E-state index contributed by atoms with van der Waals surface area (Å²) in [7, 11) is 0. The molecule has 0 saturated heterocycles. The Morgan fingerprint density at radius 3 is 2.82 bits per heavy atom. The highest BCUT2D eigenvalue weighted by atomic mass is 32.2. The van der Waals surface area contributed by atoms with Crippen molar-refractivity contribution >= 4 is 11.9 Å². The van der Waals surface area contributed by atoms with Crippen molar-refractivity contribution in [3.05, 3.63) is 11.1 Å². The van der Waals surface area contributed by atoms with E-state index in [1.165, 1.54) is 12.8 Å². The SMILES string of the molecule is CCCC/C(N)=C\SNCC. The third kappa shape index (κ3) is 7.75. The number of allylic oxidation sites excluding steroid dienone is 1. The van der Waals surface area contributed by atoms with E-state index in [1.54, 1.807) is 11.9 Å². The Morgan fingerprint density at radius 2 is 2.27 bits per heavy atom. The Labute approximate surface area is 73.8 Å². The van der Waals surface area contributed by atoms with Gasteiger partial charge in [0.1, 0.15) is 0 Å². The maximum Gasteiger partial charge on any atom is 0.0158 e. The van der Waals surface area contributed by atoms with Gasteiger partial charge < -0.3 is 5.73 Å². The monoisotopic (exact) mass is 174 g/mol. The summed E-state index contributed by atoms with van der Waals surface area (Å²) in [6.07, 6.45) is 3.42. The Bertz CT molecular complexity index is 113. The van der Waals surface area contributed by atoms with Crippen LogP contribution in [-0.4, -0.2) is 6.54 Å². The van der Waals surface area contributed by atoms with Gasteiger partial charge in [0, 0.05) is 17.6 Å². The molecular formula is C8H18N2S. The molecule has 0 heterocycles. The molecule has 0 aliphatic carbocycles. The van der Waals surface area contributed by atoms with E-state index in [0.29, 0.717) is 0 Å². The van der Waals surface area contributed by atoms with E-state index in [-0.39, 0.29) is 0 Å². The topological polar surface area (TPSA) is 38.0 Å². The molecule has 0 rings (SSSR count). The van der Waals surface area contributed by atoms with Gasteiger partial charge in [0.25, 0.3) is 0 Å². The first-order chi connectivity index (χ1) is 5.31. The van der Waals surface area contributed by atoms with Crippen LogP contribution in [0.3, 0.4) is 0 Å². The van der Waals surface area contributed by atoms with Crippen molar-refractivity contribution < 1.29 is 0 Å². The highest BCUT2D eigenvalue weighted by molar-refractivity contribution is 8.00. The van der Waals surface area contributed by atoms with E-state index in [0.717, 1.165) is 18.7 Å². The molecule has 0 aromatic rings. The van der Waals surface area contributed by atoms with Crippen molar-refractivity contribution in [2.45, 2.75) is 33.1 Å². The van der Waals surface area contributed by atoms with Gasteiger partial charge in [-0.25, -0.2) is 0 Å². The molecule has 3 N–H and O–H groups in total. The molecule has 0 aromatic carbocycles. The van der Waals surface area contributed by atoms with Crippen LogP contribution in [0.25, 0.3) is 0 Å². The molecule has 0 fully saturated rings. The highest BCUT2D eigenvalue weighted by Gasteiger charge is 1.88. The summed E-state index contributed by atoms with van der Waals surface area (Å²) in [5.74, 6) is 0. The lowest BCUT2D eigenvalue weighted by atomic mass is 10.2. The van der Waals surface area contributed by atoms with Gasteiger partial charge in [-0.05, 0) is 12.8 Å². The smallest absolute Gasteiger partial charge is 0.0158 e. The zero-order valence-electron chi connectivity index (χ0n) is 7.39. The fourth-order valence-corrected chi connectivity index (χ4v) is 1.16. The van der Waals surface area contributed by atoms with E-state index in [1.807, 2.05) is 5.41 Å². The zero-order chi connectivity index (χ0) is 8.53. The molecule has 0 aliphatic heterocycles. The van der Waals surface area contributed by atoms with Gasteiger partial charge in [-0.3, -0.25) is 4.72 Å². The van der Waals surface area contributed by atoms with Crippen molar-refractivity contribution in [2.75, 3.05) is 6.54 Å². The largest absolute Gasteiger partial charge is 0.402 e. The van der Waals surface area contributed by atoms with Crippen molar-refractivity contribution in [3.8, 4) is 0 Å². The summed E-state index contributed by atoms with van der Waals surface area (Å²) in [5.41, 5.74) is 6.68. The molecule has 0 unspecified atom stereocenters. The first kappa shape index (κ1) is 10.8. The second-order valence-corrected chi connectivity index (χ2v) is 3.17. The minimum Gasteiger partial charge on any atom is -0.402 e. The summed E-state index contributed by atoms with van der Waals surface area (Å²) in [6, 6.07) is 0. The summed E-state index contributed by atoms with van der Waals surface area (Å²) in [6.45, 7) is 5.22. The van der Waals surface area contributed by atoms with Crippen LogP contribution in [0.5, 0.6) is 0 Å². The molecule has 66 valence electrons. The Kier molecular flexibility index (Phi) is 7.84.